The highest BCUT2D eigenvalue weighted by Gasteiger charge is 2.35. The van der Waals surface area contributed by atoms with Gasteiger partial charge in [-0.2, -0.15) is 0 Å². The average Bonchev–Trinajstić information content (AvgIpc) is 2.81. The van der Waals surface area contributed by atoms with Gasteiger partial charge in [-0.1, -0.05) is 61.9 Å². The molecule has 0 saturated carbocycles. The molecule has 7 nitrogen and oxygen atoms in total. The van der Waals surface area contributed by atoms with E-state index in [-0.39, 0.29) is 24.4 Å². The molecule has 2 unspecified atom stereocenters. The molecule has 0 aliphatic heterocycles. The van der Waals surface area contributed by atoms with Crippen LogP contribution in [0.2, 0.25) is 0 Å². The molecule has 2 aromatic carbocycles. The smallest absolute Gasteiger partial charge is 0.408 e. The van der Waals surface area contributed by atoms with Gasteiger partial charge in [-0.3, -0.25) is 9.59 Å². The lowest BCUT2D eigenvalue weighted by atomic mass is 9.97. The van der Waals surface area contributed by atoms with E-state index in [1.165, 1.54) is 0 Å². The second-order valence-electron chi connectivity index (χ2n) is 11.5. The number of anilines is 1. The van der Waals surface area contributed by atoms with Gasteiger partial charge in [0.2, 0.25) is 5.91 Å². The summed E-state index contributed by atoms with van der Waals surface area (Å²) in [6.07, 6.45) is 0.936. The quantitative estimate of drug-likeness (QED) is 0.374. The number of hydrogen-bond donors (Lipinski definition) is 2. The molecule has 0 heterocycles. The fourth-order valence-electron chi connectivity index (χ4n) is 4.30. The van der Waals surface area contributed by atoms with Crippen LogP contribution in [0, 0.1) is 26.7 Å². The number of alkyl carbamates (subject to hydrolysis) is 1. The topological polar surface area (TPSA) is 87.7 Å². The molecule has 7 heteroatoms. The van der Waals surface area contributed by atoms with Gasteiger partial charge in [0.15, 0.2) is 0 Å². The van der Waals surface area contributed by atoms with Crippen molar-refractivity contribution in [3.63, 3.8) is 0 Å². The number of nitrogens with one attached hydrogen (secondary N) is 2. The van der Waals surface area contributed by atoms with Gasteiger partial charge in [-0.25, -0.2) is 4.79 Å². The summed E-state index contributed by atoms with van der Waals surface area (Å²) in [5, 5.41) is 5.68. The third-order valence-corrected chi connectivity index (χ3v) is 6.36. The molecule has 208 valence electrons. The third kappa shape index (κ3) is 9.19. The van der Waals surface area contributed by atoms with Gasteiger partial charge in [0, 0.05) is 11.7 Å². The fraction of sp³-hybridized carbons (Fsp3) is 0.516. The molecule has 0 saturated heterocycles. The Kier molecular flexibility index (Phi) is 10.9. The number of nitrogens with zero attached hydrogens (tertiary/aromatic N) is 1. The van der Waals surface area contributed by atoms with Crippen molar-refractivity contribution in [2.45, 2.75) is 92.8 Å². The van der Waals surface area contributed by atoms with Crippen molar-refractivity contribution in [3.8, 4) is 0 Å². The fourth-order valence-corrected chi connectivity index (χ4v) is 4.30. The molecular weight excluding hydrogens is 478 g/mol. The highest BCUT2D eigenvalue weighted by Crippen LogP contribution is 2.29. The Hall–Kier alpha value is -3.35. The van der Waals surface area contributed by atoms with E-state index in [1.54, 1.807) is 25.7 Å². The van der Waals surface area contributed by atoms with Crippen LogP contribution in [0.25, 0.3) is 0 Å². The zero-order valence-electron chi connectivity index (χ0n) is 24.5. The molecule has 0 aromatic heterocycles. The average molecular weight is 524 g/mol. The molecule has 0 aliphatic carbocycles. The van der Waals surface area contributed by atoms with Crippen LogP contribution < -0.4 is 10.6 Å². The maximum Gasteiger partial charge on any atom is 0.408 e. The minimum Gasteiger partial charge on any atom is -0.444 e. The lowest BCUT2D eigenvalue weighted by molar-refractivity contribution is -0.140. The van der Waals surface area contributed by atoms with Crippen molar-refractivity contribution in [1.29, 1.82) is 0 Å². The first-order valence-electron chi connectivity index (χ1n) is 13.4. The van der Waals surface area contributed by atoms with Gasteiger partial charge in [0.05, 0.1) is 0 Å². The zero-order valence-corrected chi connectivity index (χ0v) is 24.5. The first-order chi connectivity index (χ1) is 17.7. The normalized spacial score (nSPS) is 13.0. The molecule has 2 atom stereocenters. The largest absolute Gasteiger partial charge is 0.444 e. The van der Waals surface area contributed by atoms with Crippen LogP contribution in [0.1, 0.15) is 82.7 Å². The maximum absolute atomic E-state index is 14.0. The van der Waals surface area contributed by atoms with E-state index >= 15 is 0 Å². The molecule has 0 radical (unpaired) electrons. The molecule has 0 bridgehead atoms. The first-order valence-corrected chi connectivity index (χ1v) is 13.4. The summed E-state index contributed by atoms with van der Waals surface area (Å²) >= 11 is 0. The van der Waals surface area contributed by atoms with Crippen LogP contribution in [0.5, 0.6) is 0 Å². The van der Waals surface area contributed by atoms with Gasteiger partial charge in [-0.05, 0) is 83.9 Å². The molecule has 0 fully saturated rings. The summed E-state index contributed by atoms with van der Waals surface area (Å²) in [5.41, 5.74) is 3.70. The molecular formula is C31H45N3O4. The number of para-hydroxylation sites is 1. The molecule has 3 amide bonds. The summed E-state index contributed by atoms with van der Waals surface area (Å²) in [7, 11) is 0. The summed E-state index contributed by atoms with van der Waals surface area (Å²) in [6, 6.07) is 12.4. The highest BCUT2D eigenvalue weighted by molar-refractivity contribution is 5.99. The number of carbonyl (C=O) groups excluding carboxylic acids is 3. The molecule has 2 aromatic rings. The second-order valence-corrected chi connectivity index (χ2v) is 11.5. The Morgan fingerprint density at radius 2 is 1.47 bits per heavy atom. The summed E-state index contributed by atoms with van der Waals surface area (Å²) in [5.74, 6) is -0.210. The number of aryl methyl sites for hydroxylation is 3. The summed E-state index contributed by atoms with van der Waals surface area (Å²) in [6.45, 7) is 17.1. The van der Waals surface area contributed by atoms with E-state index in [9.17, 15) is 14.4 Å². The second kappa shape index (κ2) is 13.4. The SMILES string of the molecule is Cc1ccc(C(C(=O)Nc2c(C)cccc2C)N(C(=O)CNC(=O)OC(C)(C)C)C(C)CCC(C)C)cc1. The monoisotopic (exact) mass is 523 g/mol. The van der Waals surface area contributed by atoms with Crippen molar-refractivity contribution in [3.05, 3.63) is 64.7 Å². The zero-order chi connectivity index (χ0) is 28.6. The third-order valence-electron chi connectivity index (χ3n) is 6.36. The number of amides is 3. The van der Waals surface area contributed by atoms with E-state index < -0.39 is 17.7 Å². The van der Waals surface area contributed by atoms with Crippen LogP contribution >= 0.6 is 0 Å². The lowest BCUT2D eigenvalue weighted by Gasteiger charge is -2.37. The molecule has 0 aliphatic rings. The van der Waals surface area contributed by atoms with Crippen LogP contribution in [-0.4, -0.2) is 41.0 Å². The van der Waals surface area contributed by atoms with Crippen molar-refractivity contribution in [1.82, 2.24) is 10.2 Å². The Morgan fingerprint density at radius 3 is 2.00 bits per heavy atom. The van der Waals surface area contributed by atoms with Crippen molar-refractivity contribution >= 4 is 23.6 Å². The number of benzene rings is 2. The molecule has 0 spiro atoms. The number of carbonyl (C=O) groups is 3. The van der Waals surface area contributed by atoms with Crippen LogP contribution in [0.15, 0.2) is 42.5 Å². The van der Waals surface area contributed by atoms with Crippen molar-refractivity contribution in [2.75, 3.05) is 11.9 Å². The highest BCUT2D eigenvalue weighted by atomic mass is 16.6. The maximum atomic E-state index is 14.0. The van der Waals surface area contributed by atoms with Gasteiger partial charge < -0.3 is 20.3 Å². The Balaban J connectivity index is 2.48. The molecule has 2 N–H and O–H groups in total. The van der Waals surface area contributed by atoms with Gasteiger partial charge in [0.25, 0.3) is 5.91 Å². The van der Waals surface area contributed by atoms with Crippen LogP contribution in [0.4, 0.5) is 10.5 Å². The van der Waals surface area contributed by atoms with Gasteiger partial charge in [0.1, 0.15) is 18.2 Å². The van der Waals surface area contributed by atoms with E-state index in [1.807, 2.05) is 70.2 Å². The first kappa shape index (κ1) is 30.9. The minimum atomic E-state index is -0.885. The lowest BCUT2D eigenvalue weighted by Crippen LogP contribution is -2.50. The summed E-state index contributed by atoms with van der Waals surface area (Å²) < 4.78 is 5.32. The summed E-state index contributed by atoms with van der Waals surface area (Å²) in [4.78, 5) is 41.7. The van der Waals surface area contributed by atoms with Crippen LogP contribution in [-0.2, 0) is 14.3 Å². The Bertz CT molecular complexity index is 1080. The Morgan fingerprint density at radius 1 is 0.895 bits per heavy atom. The standard InChI is InChI=1S/C31H45N3O4/c1-20(2)13-16-24(6)34(26(35)19-32-30(37)38-31(7,8)9)28(25-17-14-21(3)15-18-25)29(36)33-27-22(4)11-10-12-23(27)5/h10-12,14-15,17-18,20,24,28H,13,16,19H2,1-9H3,(H,32,37)(H,33,36). The molecule has 38 heavy (non-hydrogen) atoms. The van der Waals surface area contributed by atoms with Crippen LogP contribution in [0.3, 0.4) is 0 Å². The van der Waals surface area contributed by atoms with Gasteiger partial charge in [-0.15, -0.1) is 0 Å². The van der Waals surface area contributed by atoms with Crippen molar-refractivity contribution in [2.24, 2.45) is 5.92 Å². The predicted octanol–water partition coefficient (Wildman–Crippen LogP) is 6.47. The Labute approximate surface area is 228 Å². The van der Waals surface area contributed by atoms with E-state index in [0.717, 1.165) is 35.2 Å². The van der Waals surface area contributed by atoms with E-state index in [0.29, 0.717) is 11.5 Å². The number of ether oxygens (including phenoxy) is 1. The van der Waals surface area contributed by atoms with Gasteiger partial charge >= 0.3 is 6.09 Å². The number of rotatable bonds is 10. The molecule has 2 rings (SSSR count). The predicted molar refractivity (Wildman–Crippen MR) is 153 cm³/mol. The van der Waals surface area contributed by atoms with E-state index in [2.05, 4.69) is 24.5 Å². The van der Waals surface area contributed by atoms with Crippen molar-refractivity contribution < 1.29 is 19.1 Å². The van der Waals surface area contributed by atoms with E-state index in [4.69, 9.17) is 4.74 Å². The minimum absolute atomic E-state index is 0.250. The number of hydrogen-bond acceptors (Lipinski definition) is 4.